The highest BCUT2D eigenvalue weighted by Crippen LogP contribution is 2.24. The molecule has 0 unspecified atom stereocenters. The Hall–Kier alpha value is -2.65. The summed E-state index contributed by atoms with van der Waals surface area (Å²) in [4.78, 5) is 14.3. The summed E-state index contributed by atoms with van der Waals surface area (Å²) in [5.74, 6) is 0.105. The lowest BCUT2D eigenvalue weighted by Crippen LogP contribution is -2.05. The molecule has 1 aromatic heterocycles. The van der Waals surface area contributed by atoms with Crippen LogP contribution in [0.2, 0.25) is 5.02 Å². The molecule has 0 aliphatic heterocycles. The quantitative estimate of drug-likeness (QED) is 0.689. The molecular weight excluding hydrogens is 280 g/mol. The minimum atomic E-state index is -0.581. The Morgan fingerprint density at radius 3 is 2.85 bits per heavy atom. The van der Waals surface area contributed by atoms with Gasteiger partial charge in [0.15, 0.2) is 0 Å². The summed E-state index contributed by atoms with van der Waals surface area (Å²) in [6.45, 7) is 0.305. The average Bonchev–Trinajstić information content (AvgIpc) is 2.46. The Labute approximate surface area is 119 Å². The maximum Gasteiger partial charge on any atom is 0.312 e. The second-order valence-electron chi connectivity index (χ2n) is 3.91. The molecule has 0 saturated carbocycles. The van der Waals surface area contributed by atoms with Gasteiger partial charge in [-0.25, -0.2) is 4.98 Å². The van der Waals surface area contributed by atoms with Crippen molar-refractivity contribution in [2.75, 3.05) is 5.32 Å². The molecule has 6 nitrogen and oxygen atoms in total. The first-order chi connectivity index (χ1) is 9.61. The van der Waals surface area contributed by atoms with E-state index in [4.69, 9.17) is 16.9 Å². The van der Waals surface area contributed by atoms with Crippen LogP contribution in [0.5, 0.6) is 0 Å². The number of benzene rings is 1. The molecule has 0 bridgehead atoms. The number of nitrogens with one attached hydrogen (secondary N) is 1. The Bertz CT molecular complexity index is 697. The predicted octanol–water partition coefficient (Wildman–Crippen LogP) is 3.13. The monoisotopic (exact) mass is 288 g/mol. The molecule has 0 aliphatic carbocycles. The van der Waals surface area contributed by atoms with Crippen LogP contribution in [0.3, 0.4) is 0 Å². The fourth-order valence-corrected chi connectivity index (χ4v) is 1.81. The molecule has 0 spiro atoms. The summed E-state index contributed by atoms with van der Waals surface area (Å²) >= 11 is 6.00. The fourth-order valence-electron chi connectivity index (χ4n) is 1.61. The van der Waals surface area contributed by atoms with Crippen molar-refractivity contribution in [2.24, 2.45) is 0 Å². The van der Waals surface area contributed by atoms with Crippen molar-refractivity contribution >= 4 is 23.1 Å². The summed E-state index contributed by atoms with van der Waals surface area (Å²) < 4.78 is 0. The molecule has 0 amide bonds. The first-order valence-electron chi connectivity index (χ1n) is 5.63. The van der Waals surface area contributed by atoms with Gasteiger partial charge in [0.05, 0.1) is 10.5 Å². The van der Waals surface area contributed by atoms with Gasteiger partial charge in [-0.2, -0.15) is 5.26 Å². The van der Waals surface area contributed by atoms with E-state index in [0.29, 0.717) is 11.6 Å². The minimum absolute atomic E-state index is 0.105. The lowest BCUT2D eigenvalue weighted by atomic mass is 10.2. The van der Waals surface area contributed by atoms with Crippen molar-refractivity contribution in [3.8, 4) is 6.07 Å². The van der Waals surface area contributed by atoms with Gasteiger partial charge in [-0.15, -0.1) is 0 Å². The summed E-state index contributed by atoms with van der Waals surface area (Å²) in [7, 11) is 0. The van der Waals surface area contributed by atoms with E-state index in [2.05, 4.69) is 10.3 Å². The van der Waals surface area contributed by atoms with Crippen LogP contribution in [0.15, 0.2) is 36.5 Å². The number of halogens is 1. The molecule has 0 radical (unpaired) electrons. The predicted molar refractivity (Wildman–Crippen MR) is 74.4 cm³/mol. The van der Waals surface area contributed by atoms with Crippen LogP contribution in [0, 0.1) is 21.4 Å². The van der Waals surface area contributed by atoms with Crippen LogP contribution in [0.25, 0.3) is 0 Å². The van der Waals surface area contributed by atoms with Crippen molar-refractivity contribution in [1.29, 1.82) is 5.26 Å². The average molecular weight is 289 g/mol. The highest BCUT2D eigenvalue weighted by atomic mass is 35.5. The molecule has 7 heteroatoms. The van der Waals surface area contributed by atoms with Crippen molar-refractivity contribution < 1.29 is 4.92 Å². The molecule has 1 heterocycles. The standard InChI is InChI=1S/C13H9ClN4O2/c14-11-4-2-1-3-10(11)8-17-13-12(18(19)20)5-9(6-15)7-16-13/h1-5,7H,8H2,(H,16,17). The third-order valence-corrected chi connectivity index (χ3v) is 2.97. The van der Waals surface area contributed by atoms with Gasteiger partial charge in [0.1, 0.15) is 6.07 Å². The molecule has 1 aromatic carbocycles. The molecule has 1 N–H and O–H groups in total. The number of pyridine rings is 1. The topological polar surface area (TPSA) is 91.8 Å². The summed E-state index contributed by atoms with van der Waals surface area (Å²) in [5.41, 5.74) is 0.700. The van der Waals surface area contributed by atoms with Gasteiger partial charge in [0.25, 0.3) is 0 Å². The maximum atomic E-state index is 11.0. The normalized spacial score (nSPS) is 9.80. The van der Waals surface area contributed by atoms with E-state index < -0.39 is 4.92 Å². The molecule has 0 atom stereocenters. The lowest BCUT2D eigenvalue weighted by molar-refractivity contribution is -0.384. The number of nitro groups is 1. The van der Waals surface area contributed by atoms with Crippen molar-refractivity contribution in [2.45, 2.75) is 6.54 Å². The number of rotatable bonds is 4. The maximum absolute atomic E-state index is 11.0. The number of hydrogen-bond acceptors (Lipinski definition) is 5. The number of nitrogens with zero attached hydrogens (tertiary/aromatic N) is 3. The highest BCUT2D eigenvalue weighted by molar-refractivity contribution is 6.31. The van der Waals surface area contributed by atoms with E-state index in [-0.39, 0.29) is 17.1 Å². The molecular formula is C13H9ClN4O2. The Kier molecular flexibility index (Phi) is 4.13. The van der Waals surface area contributed by atoms with Crippen molar-refractivity contribution in [3.63, 3.8) is 0 Å². The van der Waals surface area contributed by atoms with E-state index in [1.54, 1.807) is 12.1 Å². The number of aromatic nitrogens is 1. The SMILES string of the molecule is N#Cc1cnc(NCc2ccccc2Cl)c([N+](=O)[O-])c1. The molecule has 2 rings (SSSR count). The molecule has 20 heavy (non-hydrogen) atoms. The van der Waals surface area contributed by atoms with E-state index in [9.17, 15) is 10.1 Å². The number of hydrogen-bond donors (Lipinski definition) is 1. The van der Waals surface area contributed by atoms with E-state index in [0.717, 1.165) is 5.56 Å². The number of nitriles is 1. The zero-order chi connectivity index (χ0) is 14.5. The van der Waals surface area contributed by atoms with Gasteiger partial charge < -0.3 is 5.32 Å². The molecule has 100 valence electrons. The van der Waals surface area contributed by atoms with Crippen molar-refractivity contribution in [1.82, 2.24) is 4.98 Å². The van der Waals surface area contributed by atoms with Gasteiger partial charge >= 0.3 is 5.69 Å². The Morgan fingerprint density at radius 2 is 2.20 bits per heavy atom. The zero-order valence-electron chi connectivity index (χ0n) is 10.2. The highest BCUT2D eigenvalue weighted by Gasteiger charge is 2.16. The molecule has 0 saturated heterocycles. The first-order valence-corrected chi connectivity index (χ1v) is 6.01. The molecule has 2 aromatic rings. The van der Waals surface area contributed by atoms with E-state index in [1.807, 2.05) is 18.2 Å². The number of anilines is 1. The van der Waals surface area contributed by atoms with Crippen LogP contribution in [-0.4, -0.2) is 9.91 Å². The molecule has 0 aliphatic rings. The summed E-state index contributed by atoms with van der Waals surface area (Å²) in [6.07, 6.45) is 1.28. The first kappa shape index (κ1) is 13.8. The van der Waals surface area contributed by atoms with Crippen LogP contribution >= 0.6 is 11.6 Å². The van der Waals surface area contributed by atoms with Crippen LogP contribution < -0.4 is 5.32 Å². The van der Waals surface area contributed by atoms with E-state index in [1.165, 1.54) is 12.3 Å². The van der Waals surface area contributed by atoms with E-state index >= 15 is 0 Å². The third-order valence-electron chi connectivity index (χ3n) is 2.60. The van der Waals surface area contributed by atoms with Gasteiger partial charge in [-0.3, -0.25) is 10.1 Å². The van der Waals surface area contributed by atoms with Crippen LogP contribution in [0.4, 0.5) is 11.5 Å². The van der Waals surface area contributed by atoms with Gasteiger partial charge in [-0.05, 0) is 11.6 Å². The van der Waals surface area contributed by atoms with Crippen LogP contribution in [-0.2, 0) is 6.54 Å². The third kappa shape index (κ3) is 3.02. The van der Waals surface area contributed by atoms with Gasteiger partial charge in [0, 0.05) is 23.8 Å². The second-order valence-corrected chi connectivity index (χ2v) is 4.31. The van der Waals surface area contributed by atoms with Gasteiger partial charge in [0.2, 0.25) is 5.82 Å². The van der Waals surface area contributed by atoms with Crippen molar-refractivity contribution in [3.05, 3.63) is 62.8 Å². The summed E-state index contributed by atoms with van der Waals surface area (Å²) in [6, 6.07) is 10.2. The fraction of sp³-hybridized carbons (Fsp3) is 0.0769. The smallest absolute Gasteiger partial charge is 0.312 e. The largest absolute Gasteiger partial charge is 0.360 e. The minimum Gasteiger partial charge on any atom is -0.360 e. The lowest BCUT2D eigenvalue weighted by Gasteiger charge is -2.07. The summed E-state index contributed by atoms with van der Waals surface area (Å²) in [5, 5.41) is 23.1. The Morgan fingerprint density at radius 1 is 1.45 bits per heavy atom. The second kappa shape index (κ2) is 5.99. The van der Waals surface area contributed by atoms with Crippen LogP contribution in [0.1, 0.15) is 11.1 Å². The Balaban J connectivity index is 2.24. The molecule has 0 fully saturated rings. The van der Waals surface area contributed by atoms with Gasteiger partial charge in [-0.1, -0.05) is 29.8 Å². The zero-order valence-corrected chi connectivity index (χ0v) is 11.0.